The van der Waals surface area contributed by atoms with Gasteiger partial charge in [0.05, 0.1) is 14.2 Å². The van der Waals surface area contributed by atoms with E-state index >= 15 is 0 Å². The molecule has 1 amide bonds. The summed E-state index contributed by atoms with van der Waals surface area (Å²) in [5.41, 5.74) is 7.82. The molecule has 0 saturated heterocycles. The van der Waals surface area contributed by atoms with Crippen molar-refractivity contribution >= 4 is 29.4 Å². The van der Waals surface area contributed by atoms with Crippen molar-refractivity contribution in [3.8, 4) is 17.2 Å². The number of nitrogen functional groups attached to an aromatic ring is 1. The molecule has 0 aliphatic carbocycles. The molecular weight excluding hydrogens is 532 g/mol. The molecule has 5 N–H and O–H groups in total. The average molecular weight is 565 g/mol. The first kappa shape index (κ1) is 30.3. The Kier molecular flexibility index (Phi) is 10.5. The van der Waals surface area contributed by atoms with Gasteiger partial charge < -0.3 is 30.6 Å². The summed E-state index contributed by atoms with van der Waals surface area (Å²) >= 11 is 0. The summed E-state index contributed by atoms with van der Waals surface area (Å²) in [5.74, 6) is -1.62. The van der Waals surface area contributed by atoms with Gasteiger partial charge in [0.1, 0.15) is 17.6 Å². The van der Waals surface area contributed by atoms with Gasteiger partial charge in [0.25, 0.3) is 0 Å². The Morgan fingerprint density at radius 2 is 1.54 bits per heavy atom. The number of anilines is 1. The molecule has 0 saturated carbocycles. The molecule has 0 fully saturated rings. The molecule has 3 aromatic rings. The van der Waals surface area contributed by atoms with Crippen LogP contribution in [0.2, 0.25) is 0 Å². The number of carbonyl (C=O) groups is 3. The lowest BCUT2D eigenvalue weighted by Gasteiger charge is -2.25. The van der Waals surface area contributed by atoms with Gasteiger partial charge in [-0.25, -0.2) is 19.4 Å². The van der Waals surface area contributed by atoms with E-state index in [0.717, 1.165) is 12.5 Å². The third-order valence-electron chi connectivity index (χ3n) is 5.78. The minimum Gasteiger partial charge on any atom is -0.493 e. The van der Waals surface area contributed by atoms with Gasteiger partial charge in [-0.15, -0.1) is 0 Å². The third-order valence-corrected chi connectivity index (χ3v) is 5.78. The monoisotopic (exact) mass is 564 g/mol. The Morgan fingerprint density at radius 1 is 0.902 bits per heavy atom. The predicted molar refractivity (Wildman–Crippen MR) is 150 cm³/mol. The Morgan fingerprint density at radius 3 is 2.12 bits per heavy atom. The van der Waals surface area contributed by atoms with Crippen LogP contribution in [0.25, 0.3) is 0 Å². The van der Waals surface area contributed by atoms with Crippen LogP contribution in [0.15, 0.2) is 66.7 Å². The van der Waals surface area contributed by atoms with Gasteiger partial charge in [0.15, 0.2) is 17.6 Å². The number of amides is 1. The maximum atomic E-state index is 13.7. The van der Waals surface area contributed by atoms with Crippen molar-refractivity contribution in [2.75, 3.05) is 19.5 Å². The second-order valence-corrected chi connectivity index (χ2v) is 8.75. The zero-order valence-electron chi connectivity index (χ0n) is 23.1. The van der Waals surface area contributed by atoms with Crippen molar-refractivity contribution in [2.45, 2.75) is 32.5 Å². The summed E-state index contributed by atoms with van der Waals surface area (Å²) in [5, 5.41) is 13.7. The van der Waals surface area contributed by atoms with Crippen LogP contribution in [0, 0.1) is 5.41 Å². The lowest BCUT2D eigenvalue weighted by Crippen LogP contribution is -2.34. The van der Waals surface area contributed by atoms with Crippen molar-refractivity contribution in [2.24, 2.45) is 5.73 Å². The lowest BCUT2D eigenvalue weighted by atomic mass is 10.0. The van der Waals surface area contributed by atoms with Gasteiger partial charge in [-0.3, -0.25) is 10.2 Å². The lowest BCUT2D eigenvalue weighted by molar-refractivity contribution is -0.261. The van der Waals surface area contributed by atoms with Gasteiger partial charge >= 0.3 is 11.9 Å². The highest BCUT2D eigenvalue weighted by Gasteiger charge is 2.29. The van der Waals surface area contributed by atoms with Crippen LogP contribution < -0.4 is 30.6 Å². The van der Waals surface area contributed by atoms with Crippen LogP contribution in [-0.2, 0) is 30.7 Å². The highest BCUT2D eigenvalue weighted by atomic mass is 17.2. The van der Waals surface area contributed by atoms with Crippen molar-refractivity contribution < 1.29 is 38.4 Å². The summed E-state index contributed by atoms with van der Waals surface area (Å²) in [6, 6.07) is 18.0. The van der Waals surface area contributed by atoms with E-state index in [2.05, 4.69) is 20.4 Å². The summed E-state index contributed by atoms with van der Waals surface area (Å²) in [7, 11) is 2.87. The number of hydrogen-bond acceptors (Lipinski definition) is 10. The van der Waals surface area contributed by atoms with Crippen LogP contribution in [-0.4, -0.2) is 44.0 Å². The van der Waals surface area contributed by atoms with Crippen molar-refractivity contribution in [3.63, 3.8) is 0 Å². The van der Waals surface area contributed by atoms with E-state index in [-0.39, 0.29) is 23.9 Å². The average Bonchev–Trinajstić information content (AvgIpc) is 2.97. The molecule has 0 bridgehead atoms. The molecule has 3 rings (SSSR count). The smallest absolute Gasteiger partial charge is 0.395 e. The maximum absolute atomic E-state index is 13.7. The molecule has 0 unspecified atom stereocenters. The molecule has 41 heavy (non-hydrogen) atoms. The molecule has 12 nitrogen and oxygen atoms in total. The molecule has 216 valence electrons. The number of rotatable bonds is 12. The van der Waals surface area contributed by atoms with Gasteiger partial charge in [-0.1, -0.05) is 30.3 Å². The van der Waals surface area contributed by atoms with Crippen LogP contribution >= 0.6 is 0 Å². The molecule has 0 aromatic heterocycles. The molecule has 0 spiro atoms. The van der Waals surface area contributed by atoms with Crippen LogP contribution in [0.3, 0.4) is 0 Å². The van der Waals surface area contributed by atoms with E-state index in [1.807, 2.05) is 30.3 Å². The van der Waals surface area contributed by atoms with Gasteiger partial charge in [-0.2, -0.15) is 0 Å². The minimum absolute atomic E-state index is 0.0982. The fourth-order valence-corrected chi connectivity index (χ4v) is 3.69. The third kappa shape index (κ3) is 8.36. The zero-order valence-corrected chi connectivity index (χ0v) is 23.1. The fraction of sp³-hybridized carbons (Fsp3) is 0.241. The van der Waals surface area contributed by atoms with E-state index in [4.69, 9.17) is 25.4 Å². The molecule has 0 radical (unpaired) electrons. The summed E-state index contributed by atoms with van der Waals surface area (Å²) in [4.78, 5) is 46.0. The second kappa shape index (κ2) is 14.2. The number of nitrogens with two attached hydrogens (primary N) is 1. The van der Waals surface area contributed by atoms with Crippen molar-refractivity contribution in [3.05, 3.63) is 83.4 Å². The first-order chi connectivity index (χ1) is 19.6. The summed E-state index contributed by atoms with van der Waals surface area (Å²) in [6.07, 6.45) is -1.24. The summed E-state index contributed by atoms with van der Waals surface area (Å²) in [6.45, 7) is 2.72. The second-order valence-electron chi connectivity index (χ2n) is 8.75. The normalized spacial score (nSPS) is 11.8. The highest BCUT2D eigenvalue weighted by Crippen LogP contribution is 2.39. The van der Waals surface area contributed by atoms with Gasteiger partial charge in [0.2, 0.25) is 5.91 Å². The molecule has 12 heteroatoms. The molecule has 3 aromatic carbocycles. The number of benzene rings is 3. The quantitative estimate of drug-likeness (QED) is 0.111. The van der Waals surface area contributed by atoms with Crippen LogP contribution in [0.4, 0.5) is 5.69 Å². The number of hydrogen-bond donors (Lipinski definition) is 4. The molecule has 0 heterocycles. The van der Waals surface area contributed by atoms with E-state index in [1.54, 1.807) is 30.3 Å². The maximum Gasteiger partial charge on any atom is 0.395 e. The number of nitrogens with one attached hydrogen (secondary N) is 3. The standard InChI is InChI=1S/C29H32N4O8/c1-17(29(36)41-40-18(2)34)39-23-15-25(38-4)24(37-3)14-22(23)26(28(35)32-16-19-8-6-5-7-9-19)33-21-12-10-20(11-13-21)27(30)31/h5-15,17,26,33H,16H2,1-4H3,(H3,30,31)(H,32,35)/t17-,26-/m1/s1. The Labute approximate surface area is 237 Å². The van der Waals surface area contributed by atoms with Crippen molar-refractivity contribution in [1.29, 1.82) is 5.41 Å². The molecule has 0 aliphatic heterocycles. The largest absolute Gasteiger partial charge is 0.493 e. The van der Waals surface area contributed by atoms with E-state index < -0.39 is 30.0 Å². The Balaban J connectivity index is 2.03. The highest BCUT2D eigenvalue weighted by molar-refractivity contribution is 5.95. The van der Waals surface area contributed by atoms with Crippen LogP contribution in [0.5, 0.6) is 17.2 Å². The topological polar surface area (TPSA) is 171 Å². The number of methoxy groups -OCH3 is 2. The molecule has 2 atom stereocenters. The minimum atomic E-state index is -1.24. The Hall–Kier alpha value is -5.26. The number of carbonyl (C=O) groups excluding carboxylic acids is 3. The number of amidine groups is 1. The van der Waals surface area contributed by atoms with E-state index in [1.165, 1.54) is 27.2 Å². The SMILES string of the molecule is COc1cc(O[C@H](C)C(=O)OOC(C)=O)c([C@@H](Nc2ccc(C(=N)N)cc2)C(=O)NCc2ccccc2)cc1OC. The zero-order chi connectivity index (χ0) is 29.9. The van der Waals surface area contributed by atoms with Crippen molar-refractivity contribution in [1.82, 2.24) is 5.32 Å². The molecular formula is C29H32N4O8. The van der Waals surface area contributed by atoms with Crippen LogP contribution in [0.1, 0.15) is 36.6 Å². The first-order valence-electron chi connectivity index (χ1n) is 12.5. The number of ether oxygens (including phenoxy) is 3. The fourth-order valence-electron chi connectivity index (χ4n) is 3.69. The Bertz CT molecular complexity index is 1380. The predicted octanol–water partition coefficient (Wildman–Crippen LogP) is 3.25. The van der Waals surface area contributed by atoms with Gasteiger partial charge in [0, 0.05) is 36.3 Å². The van der Waals surface area contributed by atoms with E-state index in [0.29, 0.717) is 22.6 Å². The van der Waals surface area contributed by atoms with Gasteiger partial charge in [-0.05, 0) is 42.8 Å². The summed E-state index contributed by atoms with van der Waals surface area (Å²) < 4.78 is 16.8. The first-order valence-corrected chi connectivity index (χ1v) is 12.5. The van der Waals surface area contributed by atoms with E-state index in [9.17, 15) is 14.4 Å². The molecule has 0 aliphatic rings.